The molecule has 1 N–H and O–H groups in total. The molecule has 0 fully saturated rings. The van der Waals surface area contributed by atoms with E-state index in [4.69, 9.17) is 0 Å². The minimum Gasteiger partial charge on any atom is -0.321 e. The van der Waals surface area contributed by atoms with Crippen molar-refractivity contribution in [2.45, 2.75) is 18.0 Å². The molecule has 12 heteroatoms. The molecule has 0 aromatic heterocycles. The molecule has 0 heterocycles. The van der Waals surface area contributed by atoms with Crippen molar-refractivity contribution in [1.29, 1.82) is 0 Å². The Balaban J connectivity index is 2.98. The van der Waals surface area contributed by atoms with E-state index in [1.165, 1.54) is 0 Å². The van der Waals surface area contributed by atoms with Gasteiger partial charge in [-0.15, -0.1) is 0 Å². The summed E-state index contributed by atoms with van der Waals surface area (Å²) in [6.45, 7) is 0. The molecule has 22 heavy (non-hydrogen) atoms. The summed E-state index contributed by atoms with van der Waals surface area (Å²) in [5.41, 5.74) is -1.13. The van der Waals surface area contributed by atoms with E-state index < -0.39 is 40.2 Å². The lowest BCUT2D eigenvalue weighted by Crippen LogP contribution is -2.57. The first-order chi connectivity index (χ1) is 9.80. The van der Waals surface area contributed by atoms with Crippen molar-refractivity contribution < 1.29 is 40.5 Å². The summed E-state index contributed by atoms with van der Waals surface area (Å²) >= 11 is 0. The van der Waals surface area contributed by atoms with Gasteiger partial charge >= 0.3 is 23.9 Å². The van der Waals surface area contributed by atoms with Crippen molar-refractivity contribution in [3.05, 3.63) is 34.4 Å². The first kappa shape index (κ1) is 17.7. The lowest BCUT2D eigenvalue weighted by molar-refractivity contribution is -0.384. The van der Waals surface area contributed by atoms with Crippen LogP contribution in [0.2, 0.25) is 0 Å². The summed E-state index contributed by atoms with van der Waals surface area (Å²) in [6.07, 6.45) is -6.64. The maximum Gasteiger partial charge on any atom is 0.460 e. The second-order valence-electron chi connectivity index (χ2n) is 3.90. The van der Waals surface area contributed by atoms with Gasteiger partial charge in [-0.05, 0) is 12.1 Å². The molecule has 0 saturated heterocycles. The predicted octanol–water partition coefficient (Wildman–Crippen LogP) is 3.37. The number of nitrogens with zero attached hydrogens (tertiary/aromatic N) is 1. The van der Waals surface area contributed by atoms with Crippen molar-refractivity contribution in [2.24, 2.45) is 0 Å². The lowest BCUT2D eigenvalue weighted by atomic mass is 10.1. The SMILES string of the molecule is O=C(Nc1ccc([N+](=O)[O-])cc1)C(F)(F)C(F)(F)C(F)(F)F. The van der Waals surface area contributed by atoms with Crippen molar-refractivity contribution in [3.8, 4) is 0 Å². The quantitative estimate of drug-likeness (QED) is 0.521. The molecule has 0 spiro atoms. The monoisotopic (exact) mass is 334 g/mol. The minimum atomic E-state index is -6.64. The van der Waals surface area contributed by atoms with Crippen LogP contribution >= 0.6 is 0 Å². The van der Waals surface area contributed by atoms with Crippen LogP contribution in [0.5, 0.6) is 0 Å². The topological polar surface area (TPSA) is 72.2 Å². The second kappa shape index (κ2) is 5.42. The molecule has 0 bridgehead atoms. The average molecular weight is 334 g/mol. The number of nitro benzene ring substituents is 1. The van der Waals surface area contributed by atoms with E-state index in [9.17, 15) is 45.6 Å². The van der Waals surface area contributed by atoms with E-state index in [1.54, 1.807) is 0 Å². The highest BCUT2D eigenvalue weighted by Crippen LogP contribution is 2.46. The number of rotatable bonds is 4. The maximum atomic E-state index is 13.0. The fraction of sp³-hybridized carbons (Fsp3) is 0.300. The van der Waals surface area contributed by atoms with Gasteiger partial charge in [0, 0.05) is 17.8 Å². The molecule has 1 amide bonds. The molecule has 0 aliphatic rings. The van der Waals surface area contributed by atoms with Crippen molar-refractivity contribution in [2.75, 3.05) is 5.32 Å². The molecule has 5 nitrogen and oxygen atoms in total. The Bertz CT molecular complexity index is 583. The van der Waals surface area contributed by atoms with E-state index in [2.05, 4.69) is 0 Å². The molecular weight excluding hydrogens is 329 g/mol. The summed E-state index contributed by atoms with van der Waals surface area (Å²) in [5, 5.41) is 11.4. The predicted molar refractivity (Wildman–Crippen MR) is 57.7 cm³/mol. The number of carbonyl (C=O) groups is 1. The van der Waals surface area contributed by atoms with Crippen LogP contribution in [0.1, 0.15) is 0 Å². The van der Waals surface area contributed by atoms with E-state index >= 15 is 0 Å². The number of non-ortho nitro benzene ring substituents is 1. The molecule has 0 aliphatic heterocycles. The summed E-state index contributed by atoms with van der Waals surface area (Å²) < 4.78 is 86.9. The van der Waals surface area contributed by atoms with E-state index in [1.807, 2.05) is 0 Å². The molecule has 122 valence electrons. The van der Waals surface area contributed by atoms with Gasteiger partial charge < -0.3 is 5.32 Å². The normalized spacial score (nSPS) is 12.9. The minimum absolute atomic E-state index is 0.509. The number of halogens is 7. The van der Waals surface area contributed by atoms with E-state index in [0.29, 0.717) is 12.1 Å². The Morgan fingerprint density at radius 1 is 1.00 bits per heavy atom. The van der Waals surface area contributed by atoms with Gasteiger partial charge in [0.15, 0.2) is 0 Å². The van der Waals surface area contributed by atoms with Gasteiger partial charge in [0.1, 0.15) is 0 Å². The summed E-state index contributed by atoms with van der Waals surface area (Å²) in [6, 6.07) is 2.85. The number of nitrogens with one attached hydrogen (secondary N) is 1. The highest BCUT2D eigenvalue weighted by molar-refractivity contribution is 5.97. The largest absolute Gasteiger partial charge is 0.460 e. The smallest absolute Gasteiger partial charge is 0.321 e. The number of hydrogen-bond donors (Lipinski definition) is 1. The molecule has 0 atom stereocenters. The Hall–Kier alpha value is -2.40. The van der Waals surface area contributed by atoms with Gasteiger partial charge in [-0.3, -0.25) is 14.9 Å². The zero-order valence-corrected chi connectivity index (χ0v) is 10.1. The third-order valence-electron chi connectivity index (χ3n) is 2.37. The number of nitro groups is 1. The van der Waals surface area contributed by atoms with Crippen LogP contribution in [-0.2, 0) is 4.79 Å². The summed E-state index contributed by atoms with van der Waals surface area (Å²) in [7, 11) is 0. The number of anilines is 1. The Kier molecular flexibility index (Phi) is 4.35. The van der Waals surface area contributed by atoms with Gasteiger partial charge in [0.25, 0.3) is 5.69 Å². The first-order valence-electron chi connectivity index (χ1n) is 5.19. The van der Waals surface area contributed by atoms with E-state index in [-0.39, 0.29) is 0 Å². The highest BCUT2D eigenvalue weighted by Gasteiger charge is 2.76. The molecule has 1 aromatic rings. The van der Waals surface area contributed by atoms with Crippen molar-refractivity contribution in [1.82, 2.24) is 0 Å². The van der Waals surface area contributed by atoms with Crippen LogP contribution in [0.3, 0.4) is 0 Å². The third kappa shape index (κ3) is 3.09. The van der Waals surface area contributed by atoms with Crippen LogP contribution in [0.25, 0.3) is 0 Å². The fourth-order valence-corrected chi connectivity index (χ4v) is 1.20. The van der Waals surface area contributed by atoms with Crippen molar-refractivity contribution in [3.63, 3.8) is 0 Å². The van der Waals surface area contributed by atoms with Gasteiger partial charge in [0.2, 0.25) is 0 Å². The average Bonchev–Trinajstić information content (AvgIpc) is 2.37. The first-order valence-corrected chi connectivity index (χ1v) is 5.19. The Morgan fingerprint density at radius 3 is 1.82 bits per heavy atom. The maximum absolute atomic E-state index is 13.0. The van der Waals surface area contributed by atoms with Gasteiger partial charge in [-0.2, -0.15) is 30.7 Å². The summed E-state index contributed by atoms with van der Waals surface area (Å²) in [4.78, 5) is 20.4. The fourth-order valence-electron chi connectivity index (χ4n) is 1.20. The van der Waals surface area contributed by atoms with Crippen LogP contribution < -0.4 is 5.32 Å². The standard InChI is InChI=1S/C10H5F7N2O3/c11-8(12,9(13,14)10(15,16)17)7(20)18-5-1-3-6(4-2-5)19(21)22/h1-4H,(H,18,20). The van der Waals surface area contributed by atoms with Crippen molar-refractivity contribution >= 4 is 17.3 Å². The Labute approximate surface area is 116 Å². The summed E-state index contributed by atoms with van der Waals surface area (Å²) in [5.74, 6) is -15.5. The van der Waals surface area contributed by atoms with E-state index in [0.717, 1.165) is 17.4 Å². The molecule has 0 radical (unpaired) electrons. The van der Waals surface area contributed by atoms with Gasteiger partial charge in [-0.1, -0.05) is 0 Å². The zero-order valence-electron chi connectivity index (χ0n) is 10.1. The number of benzene rings is 1. The molecule has 1 aromatic carbocycles. The Morgan fingerprint density at radius 2 is 1.45 bits per heavy atom. The van der Waals surface area contributed by atoms with Crippen LogP contribution in [-0.4, -0.2) is 28.9 Å². The second-order valence-corrected chi connectivity index (χ2v) is 3.90. The molecule has 1 rings (SSSR count). The van der Waals surface area contributed by atoms with Gasteiger partial charge in [0.05, 0.1) is 4.92 Å². The molecule has 0 saturated carbocycles. The molecule has 0 unspecified atom stereocenters. The van der Waals surface area contributed by atoms with Crippen LogP contribution in [0.4, 0.5) is 42.1 Å². The van der Waals surface area contributed by atoms with Crippen LogP contribution in [0, 0.1) is 10.1 Å². The number of hydrogen-bond acceptors (Lipinski definition) is 3. The van der Waals surface area contributed by atoms with Gasteiger partial charge in [-0.25, -0.2) is 0 Å². The number of amides is 1. The number of carbonyl (C=O) groups excluding carboxylic acids is 1. The highest BCUT2D eigenvalue weighted by atomic mass is 19.4. The number of alkyl halides is 7. The third-order valence-corrected chi connectivity index (χ3v) is 2.37. The molecular formula is C10H5F7N2O3. The zero-order chi connectivity index (χ0) is 17.3. The van der Waals surface area contributed by atoms with Crippen LogP contribution in [0.15, 0.2) is 24.3 Å². The lowest BCUT2D eigenvalue weighted by Gasteiger charge is -2.27. The molecule has 0 aliphatic carbocycles.